The molecule has 0 unspecified atom stereocenters. The van der Waals surface area contributed by atoms with E-state index in [1.807, 2.05) is 29.0 Å². The Morgan fingerprint density at radius 2 is 2.19 bits per heavy atom. The minimum Gasteiger partial charge on any atom is -0.478 e. The first-order valence-electron chi connectivity index (χ1n) is 4.73. The van der Waals surface area contributed by atoms with Crippen LogP contribution in [0.1, 0.15) is 0 Å². The molecule has 0 atom stereocenters. The van der Waals surface area contributed by atoms with Crippen molar-refractivity contribution in [2.24, 2.45) is 0 Å². The summed E-state index contributed by atoms with van der Waals surface area (Å²) in [5.74, 6) is -0.976. The predicted octanol–water partition coefficient (Wildman–Crippen LogP) is 2.94. The number of carboxylic acids is 1. The van der Waals surface area contributed by atoms with Gasteiger partial charge >= 0.3 is 5.97 Å². The Bertz CT molecular complexity index is 571. The maximum Gasteiger partial charge on any atom is 0.332 e. The van der Waals surface area contributed by atoms with Crippen LogP contribution in [0.5, 0.6) is 0 Å². The van der Waals surface area contributed by atoms with Gasteiger partial charge in [0.25, 0.3) is 0 Å². The van der Waals surface area contributed by atoms with Crippen LogP contribution in [0.4, 0.5) is 0 Å². The van der Waals surface area contributed by atoms with Gasteiger partial charge in [-0.3, -0.25) is 0 Å². The number of hydrogen-bond donors (Lipinski definition) is 1. The van der Waals surface area contributed by atoms with E-state index >= 15 is 0 Å². The van der Waals surface area contributed by atoms with Gasteiger partial charge in [-0.15, -0.1) is 0 Å². The summed E-state index contributed by atoms with van der Waals surface area (Å²) >= 11 is 5.86. The zero-order valence-electron chi connectivity index (χ0n) is 8.48. The molecule has 82 valence electrons. The lowest BCUT2D eigenvalue weighted by Gasteiger charge is -2.04. The zero-order valence-corrected chi connectivity index (χ0v) is 9.24. The van der Waals surface area contributed by atoms with Crippen molar-refractivity contribution in [1.29, 1.82) is 0 Å². The third-order valence-electron chi connectivity index (χ3n) is 2.40. The van der Waals surface area contributed by atoms with Gasteiger partial charge in [0.2, 0.25) is 0 Å². The molecule has 1 aromatic carbocycles. The number of nitrogens with zero attached hydrogens (tertiary/aromatic N) is 1. The molecule has 0 aliphatic rings. The van der Waals surface area contributed by atoms with E-state index in [0.29, 0.717) is 5.02 Å². The normalized spacial score (nSPS) is 10.6. The highest BCUT2D eigenvalue weighted by molar-refractivity contribution is 6.31. The van der Waals surface area contributed by atoms with Crippen LogP contribution in [0.15, 0.2) is 42.6 Å². The molecule has 2 rings (SSSR count). The van der Waals surface area contributed by atoms with Gasteiger partial charge < -0.3 is 9.67 Å². The number of hydrogen-bond acceptors (Lipinski definition) is 1. The zero-order chi connectivity index (χ0) is 11.7. The summed E-state index contributed by atoms with van der Waals surface area (Å²) in [5, 5.41) is 10.4. The van der Waals surface area contributed by atoms with Crippen LogP contribution < -0.4 is 0 Å². The summed E-state index contributed by atoms with van der Waals surface area (Å²) in [6.07, 6.45) is 1.83. The van der Waals surface area contributed by atoms with Crippen molar-refractivity contribution in [3.05, 3.63) is 47.6 Å². The molecule has 0 bridgehead atoms. The second-order valence-electron chi connectivity index (χ2n) is 3.56. The number of aliphatic carboxylic acids is 1. The fraction of sp³-hybridized carbons (Fsp3) is 0.0833. The highest BCUT2D eigenvalue weighted by Gasteiger charge is 2.07. The van der Waals surface area contributed by atoms with Gasteiger partial charge in [0, 0.05) is 27.7 Å². The Balaban J connectivity index is 2.39. The number of carbonyl (C=O) groups is 1. The molecule has 0 saturated heterocycles. The topological polar surface area (TPSA) is 42.2 Å². The minimum atomic E-state index is -0.976. The fourth-order valence-electron chi connectivity index (χ4n) is 1.58. The maximum absolute atomic E-state index is 10.7. The molecule has 0 amide bonds. The summed E-state index contributed by atoms with van der Waals surface area (Å²) in [7, 11) is 0. The van der Waals surface area contributed by atoms with E-state index < -0.39 is 5.97 Å². The van der Waals surface area contributed by atoms with Crippen molar-refractivity contribution in [2.75, 3.05) is 0 Å². The quantitative estimate of drug-likeness (QED) is 0.832. The number of carboxylic acid groups (broad SMARTS) is 1. The minimum absolute atomic E-state index is 0.160. The lowest BCUT2D eigenvalue weighted by Crippen LogP contribution is -2.07. The van der Waals surface area contributed by atoms with E-state index in [0.717, 1.165) is 10.9 Å². The molecule has 0 aliphatic carbocycles. The van der Waals surface area contributed by atoms with Gasteiger partial charge in [0.15, 0.2) is 0 Å². The summed E-state index contributed by atoms with van der Waals surface area (Å²) < 4.78 is 1.84. The number of rotatable bonds is 3. The molecule has 0 fully saturated rings. The SMILES string of the molecule is C=C(Cn1ccc2cc(Cl)ccc21)C(=O)O. The van der Waals surface area contributed by atoms with Crippen molar-refractivity contribution in [1.82, 2.24) is 4.57 Å². The summed E-state index contributed by atoms with van der Waals surface area (Å²) in [5.41, 5.74) is 1.11. The van der Waals surface area contributed by atoms with Gasteiger partial charge in [-0.05, 0) is 24.3 Å². The Morgan fingerprint density at radius 3 is 2.88 bits per heavy atom. The fourth-order valence-corrected chi connectivity index (χ4v) is 1.76. The second-order valence-corrected chi connectivity index (χ2v) is 3.99. The highest BCUT2D eigenvalue weighted by Crippen LogP contribution is 2.21. The van der Waals surface area contributed by atoms with Gasteiger partial charge in [0.05, 0.1) is 6.54 Å². The van der Waals surface area contributed by atoms with E-state index in [1.54, 1.807) is 6.07 Å². The number of benzene rings is 1. The molecule has 1 aromatic heterocycles. The molecule has 0 spiro atoms. The lowest BCUT2D eigenvalue weighted by molar-refractivity contribution is -0.132. The van der Waals surface area contributed by atoms with Gasteiger partial charge in [-0.2, -0.15) is 0 Å². The van der Waals surface area contributed by atoms with Crippen molar-refractivity contribution < 1.29 is 9.90 Å². The Hall–Kier alpha value is -1.74. The van der Waals surface area contributed by atoms with Gasteiger partial charge in [-0.25, -0.2) is 4.79 Å². The van der Waals surface area contributed by atoms with Crippen molar-refractivity contribution in [2.45, 2.75) is 6.54 Å². The first kappa shape index (κ1) is 10.8. The molecule has 1 heterocycles. The second kappa shape index (κ2) is 4.02. The first-order valence-corrected chi connectivity index (χ1v) is 5.11. The van der Waals surface area contributed by atoms with E-state index in [9.17, 15) is 4.79 Å². The third-order valence-corrected chi connectivity index (χ3v) is 2.63. The van der Waals surface area contributed by atoms with E-state index in [1.165, 1.54) is 0 Å². The smallest absolute Gasteiger partial charge is 0.332 e. The molecule has 3 nitrogen and oxygen atoms in total. The molecule has 16 heavy (non-hydrogen) atoms. The van der Waals surface area contributed by atoms with Crippen molar-refractivity contribution in [3.8, 4) is 0 Å². The Kier molecular flexibility index (Phi) is 2.71. The summed E-state index contributed by atoms with van der Waals surface area (Å²) in [6, 6.07) is 7.39. The molecule has 4 heteroatoms. The highest BCUT2D eigenvalue weighted by atomic mass is 35.5. The average Bonchev–Trinajstić information content (AvgIpc) is 2.60. The number of fused-ring (bicyclic) bond motifs is 1. The first-order chi connectivity index (χ1) is 7.58. The van der Waals surface area contributed by atoms with Crippen LogP contribution in [0.2, 0.25) is 5.02 Å². The molecule has 2 aromatic rings. The van der Waals surface area contributed by atoms with Gasteiger partial charge in [-0.1, -0.05) is 18.2 Å². The van der Waals surface area contributed by atoms with Crippen LogP contribution in [0.25, 0.3) is 10.9 Å². The Morgan fingerprint density at radius 1 is 1.44 bits per heavy atom. The molecular weight excluding hydrogens is 226 g/mol. The van der Waals surface area contributed by atoms with Crippen LogP contribution in [-0.2, 0) is 11.3 Å². The van der Waals surface area contributed by atoms with E-state index in [2.05, 4.69) is 6.58 Å². The predicted molar refractivity (Wildman–Crippen MR) is 63.7 cm³/mol. The van der Waals surface area contributed by atoms with Crippen molar-refractivity contribution >= 4 is 28.5 Å². The van der Waals surface area contributed by atoms with E-state index in [4.69, 9.17) is 16.7 Å². The average molecular weight is 236 g/mol. The summed E-state index contributed by atoms with van der Waals surface area (Å²) in [4.78, 5) is 10.7. The number of halogens is 1. The standard InChI is InChI=1S/C12H10ClNO2/c1-8(12(15)16)7-14-5-4-9-6-10(13)2-3-11(9)14/h2-6H,1,7H2,(H,15,16). The van der Waals surface area contributed by atoms with Gasteiger partial charge in [0.1, 0.15) is 0 Å². The molecule has 1 N–H and O–H groups in total. The summed E-state index contributed by atoms with van der Waals surface area (Å²) in [6.45, 7) is 3.79. The van der Waals surface area contributed by atoms with Crippen LogP contribution in [-0.4, -0.2) is 15.6 Å². The third kappa shape index (κ3) is 1.95. The molecule has 0 saturated carbocycles. The Labute approximate surface area is 97.6 Å². The molecule has 0 radical (unpaired) electrons. The largest absolute Gasteiger partial charge is 0.478 e. The van der Waals surface area contributed by atoms with Crippen LogP contribution in [0.3, 0.4) is 0 Å². The van der Waals surface area contributed by atoms with Crippen LogP contribution >= 0.6 is 11.6 Å². The lowest BCUT2D eigenvalue weighted by atomic mass is 10.2. The maximum atomic E-state index is 10.7. The monoisotopic (exact) mass is 235 g/mol. The van der Waals surface area contributed by atoms with E-state index in [-0.39, 0.29) is 12.1 Å². The number of aromatic nitrogens is 1. The van der Waals surface area contributed by atoms with Crippen molar-refractivity contribution in [3.63, 3.8) is 0 Å². The molecular formula is C12H10ClNO2. The van der Waals surface area contributed by atoms with Crippen LogP contribution in [0, 0.1) is 0 Å². The molecule has 0 aliphatic heterocycles.